The first-order valence-electron chi connectivity index (χ1n) is 4.28. The molecule has 1 unspecified atom stereocenters. The van der Waals surface area contributed by atoms with E-state index in [1.807, 2.05) is 6.92 Å². The largest absolute Gasteiger partial charge is 0.368 e. The lowest BCUT2D eigenvalue weighted by Gasteiger charge is -2.32. The number of primary amides is 1. The third kappa shape index (κ3) is 1.93. The van der Waals surface area contributed by atoms with Crippen LogP contribution in [-0.2, 0) is 4.79 Å². The van der Waals surface area contributed by atoms with Gasteiger partial charge in [0.05, 0.1) is 6.04 Å². The van der Waals surface area contributed by atoms with Gasteiger partial charge in [-0.2, -0.15) is 0 Å². The molecule has 3 nitrogen and oxygen atoms in total. The Kier molecular flexibility index (Phi) is 2.88. The summed E-state index contributed by atoms with van der Waals surface area (Å²) >= 11 is 0. The number of carbonyl (C=O) groups excluding carboxylic acids is 1. The molecule has 1 aliphatic carbocycles. The molecule has 3 N–H and O–H groups in total. The zero-order valence-electron chi connectivity index (χ0n) is 6.97. The summed E-state index contributed by atoms with van der Waals surface area (Å²) in [4.78, 5) is 10.9. The summed E-state index contributed by atoms with van der Waals surface area (Å²) in [5, 5.41) is 3.11. The van der Waals surface area contributed by atoms with E-state index in [9.17, 15) is 4.79 Å². The van der Waals surface area contributed by atoms with Gasteiger partial charge in [0.2, 0.25) is 5.91 Å². The van der Waals surface area contributed by atoms with Gasteiger partial charge in [-0.3, -0.25) is 4.79 Å². The van der Waals surface area contributed by atoms with Gasteiger partial charge in [-0.15, -0.1) is 0 Å². The van der Waals surface area contributed by atoms with Crippen molar-refractivity contribution in [2.45, 2.75) is 32.2 Å². The van der Waals surface area contributed by atoms with Gasteiger partial charge in [-0.05, 0) is 25.3 Å². The average molecular weight is 156 g/mol. The van der Waals surface area contributed by atoms with Crippen LogP contribution in [0.3, 0.4) is 0 Å². The molecule has 1 atom stereocenters. The van der Waals surface area contributed by atoms with Gasteiger partial charge >= 0.3 is 0 Å². The fraction of sp³-hybridized carbons (Fsp3) is 0.875. The lowest BCUT2D eigenvalue weighted by atomic mass is 9.79. The van der Waals surface area contributed by atoms with E-state index in [1.165, 1.54) is 6.42 Å². The first kappa shape index (κ1) is 8.53. The molecule has 0 aliphatic heterocycles. The van der Waals surface area contributed by atoms with Crippen molar-refractivity contribution in [1.82, 2.24) is 5.32 Å². The van der Waals surface area contributed by atoms with Crippen LogP contribution in [0.4, 0.5) is 0 Å². The fourth-order valence-electron chi connectivity index (χ4n) is 1.49. The minimum atomic E-state index is -0.198. The van der Waals surface area contributed by atoms with Crippen LogP contribution >= 0.6 is 0 Å². The highest BCUT2D eigenvalue weighted by atomic mass is 16.1. The SMILES string of the molecule is CCNC(C(N)=O)C1CCC1. The molecule has 1 fully saturated rings. The maximum atomic E-state index is 10.9. The second kappa shape index (κ2) is 3.72. The maximum absolute atomic E-state index is 10.9. The van der Waals surface area contributed by atoms with Gasteiger partial charge < -0.3 is 11.1 Å². The van der Waals surface area contributed by atoms with E-state index in [0.717, 1.165) is 19.4 Å². The number of amides is 1. The van der Waals surface area contributed by atoms with Gasteiger partial charge in [0.1, 0.15) is 0 Å². The molecule has 1 saturated carbocycles. The molecule has 1 aliphatic rings. The van der Waals surface area contributed by atoms with E-state index >= 15 is 0 Å². The van der Waals surface area contributed by atoms with Crippen molar-refractivity contribution < 1.29 is 4.79 Å². The standard InChI is InChI=1S/C8H16N2O/c1-2-10-7(8(9)11)6-4-3-5-6/h6-7,10H,2-5H2,1H3,(H2,9,11). The molecule has 1 amide bonds. The summed E-state index contributed by atoms with van der Waals surface area (Å²) in [6, 6.07) is -0.0752. The molecule has 11 heavy (non-hydrogen) atoms. The summed E-state index contributed by atoms with van der Waals surface area (Å²) < 4.78 is 0. The molecule has 64 valence electrons. The first-order chi connectivity index (χ1) is 5.25. The smallest absolute Gasteiger partial charge is 0.234 e. The van der Waals surface area contributed by atoms with E-state index < -0.39 is 0 Å². The molecule has 0 spiro atoms. The third-order valence-electron chi connectivity index (χ3n) is 2.35. The molecule has 0 radical (unpaired) electrons. The normalized spacial score (nSPS) is 20.8. The highest BCUT2D eigenvalue weighted by molar-refractivity contribution is 5.80. The van der Waals surface area contributed by atoms with Gasteiger partial charge in [-0.25, -0.2) is 0 Å². The molecule has 0 saturated heterocycles. The lowest BCUT2D eigenvalue weighted by Crippen LogP contribution is -2.48. The van der Waals surface area contributed by atoms with E-state index in [1.54, 1.807) is 0 Å². The van der Waals surface area contributed by atoms with Crippen molar-refractivity contribution in [3.05, 3.63) is 0 Å². The predicted octanol–water partition coefficient (Wildman–Crippen LogP) is 0.250. The molecule has 0 bridgehead atoms. The van der Waals surface area contributed by atoms with Crippen molar-refractivity contribution in [2.75, 3.05) is 6.54 Å². The van der Waals surface area contributed by atoms with E-state index in [2.05, 4.69) is 5.32 Å². The summed E-state index contributed by atoms with van der Waals surface area (Å²) in [6.07, 6.45) is 3.56. The van der Waals surface area contributed by atoms with Gasteiger partial charge in [0.25, 0.3) is 0 Å². The van der Waals surface area contributed by atoms with Crippen LogP contribution < -0.4 is 11.1 Å². The van der Waals surface area contributed by atoms with E-state index in [4.69, 9.17) is 5.73 Å². The lowest BCUT2D eigenvalue weighted by molar-refractivity contribution is -0.122. The topological polar surface area (TPSA) is 55.1 Å². The number of carbonyl (C=O) groups is 1. The Bertz CT molecular complexity index is 143. The number of likely N-dealkylation sites (N-methyl/N-ethyl adjacent to an activating group) is 1. The number of hydrogen-bond acceptors (Lipinski definition) is 2. The number of nitrogens with two attached hydrogens (primary N) is 1. The zero-order chi connectivity index (χ0) is 8.27. The van der Waals surface area contributed by atoms with Gasteiger partial charge in [-0.1, -0.05) is 13.3 Å². The van der Waals surface area contributed by atoms with Crippen molar-refractivity contribution >= 4 is 5.91 Å². The molecular formula is C8H16N2O. The summed E-state index contributed by atoms with van der Waals surface area (Å²) in [5.74, 6) is 0.309. The fourth-order valence-corrected chi connectivity index (χ4v) is 1.49. The van der Waals surface area contributed by atoms with Crippen LogP contribution in [0.1, 0.15) is 26.2 Å². The average Bonchev–Trinajstić information content (AvgIpc) is 1.82. The zero-order valence-corrected chi connectivity index (χ0v) is 6.97. The van der Waals surface area contributed by atoms with Crippen molar-refractivity contribution in [1.29, 1.82) is 0 Å². The predicted molar refractivity (Wildman–Crippen MR) is 44.0 cm³/mol. The van der Waals surface area contributed by atoms with Crippen molar-refractivity contribution in [3.63, 3.8) is 0 Å². The second-order valence-corrected chi connectivity index (χ2v) is 3.13. The molecule has 3 heteroatoms. The summed E-state index contributed by atoms with van der Waals surface area (Å²) in [5.41, 5.74) is 5.23. The number of hydrogen-bond donors (Lipinski definition) is 2. The van der Waals surface area contributed by atoms with Crippen molar-refractivity contribution in [2.24, 2.45) is 11.7 Å². The minimum Gasteiger partial charge on any atom is -0.368 e. The Morgan fingerprint density at radius 3 is 2.64 bits per heavy atom. The van der Waals surface area contributed by atoms with Crippen LogP contribution in [0.2, 0.25) is 0 Å². The molecule has 0 aromatic rings. The summed E-state index contributed by atoms with van der Waals surface area (Å²) in [7, 11) is 0. The number of rotatable bonds is 4. The van der Waals surface area contributed by atoms with Gasteiger partial charge in [0.15, 0.2) is 0 Å². The van der Waals surface area contributed by atoms with Crippen LogP contribution in [0.15, 0.2) is 0 Å². The highest BCUT2D eigenvalue weighted by Gasteiger charge is 2.30. The molecule has 1 rings (SSSR count). The van der Waals surface area contributed by atoms with Crippen LogP contribution in [0, 0.1) is 5.92 Å². The van der Waals surface area contributed by atoms with Crippen molar-refractivity contribution in [3.8, 4) is 0 Å². The quantitative estimate of drug-likeness (QED) is 0.613. The minimum absolute atomic E-state index is 0.0752. The Morgan fingerprint density at radius 2 is 2.36 bits per heavy atom. The molecule has 0 heterocycles. The van der Waals surface area contributed by atoms with Gasteiger partial charge in [0, 0.05) is 0 Å². The highest BCUT2D eigenvalue weighted by Crippen LogP contribution is 2.29. The summed E-state index contributed by atoms with van der Waals surface area (Å²) in [6.45, 7) is 2.82. The van der Waals surface area contributed by atoms with E-state index in [-0.39, 0.29) is 11.9 Å². The Balaban J connectivity index is 2.37. The van der Waals surface area contributed by atoms with Crippen LogP contribution in [-0.4, -0.2) is 18.5 Å². The van der Waals surface area contributed by atoms with Crippen LogP contribution in [0.5, 0.6) is 0 Å². The Hall–Kier alpha value is -0.570. The third-order valence-corrected chi connectivity index (χ3v) is 2.35. The first-order valence-corrected chi connectivity index (χ1v) is 4.28. The monoisotopic (exact) mass is 156 g/mol. The Morgan fingerprint density at radius 1 is 1.73 bits per heavy atom. The second-order valence-electron chi connectivity index (χ2n) is 3.13. The number of nitrogens with one attached hydrogen (secondary N) is 1. The van der Waals surface area contributed by atoms with Crippen LogP contribution in [0.25, 0.3) is 0 Å². The maximum Gasteiger partial charge on any atom is 0.234 e. The molecule has 0 aromatic heterocycles. The molecular weight excluding hydrogens is 140 g/mol. The molecule has 0 aromatic carbocycles. The Labute approximate surface area is 67.3 Å². The van der Waals surface area contributed by atoms with E-state index in [0.29, 0.717) is 5.92 Å².